The molecule has 0 aliphatic rings. The average molecular weight is 259 g/mol. The highest BCUT2D eigenvalue weighted by molar-refractivity contribution is 6.30. The molecular weight excluding hydrogens is 251 g/mol. The van der Waals surface area contributed by atoms with Crippen LogP contribution in [0, 0.1) is 12.7 Å². The maximum Gasteiger partial charge on any atom is 0.139 e. The summed E-state index contributed by atoms with van der Waals surface area (Å²) in [5.41, 5.74) is 2.49. The summed E-state index contributed by atoms with van der Waals surface area (Å²) < 4.78 is 14.7. The van der Waals surface area contributed by atoms with Gasteiger partial charge in [-0.2, -0.15) is 0 Å². The van der Waals surface area contributed by atoms with Crippen LogP contribution in [0.4, 0.5) is 4.39 Å². The van der Waals surface area contributed by atoms with Crippen molar-refractivity contribution < 1.29 is 4.39 Å². The highest BCUT2D eigenvalue weighted by Crippen LogP contribution is 2.25. The number of hydrogen-bond donors (Lipinski definition) is 0. The second kappa shape index (κ2) is 4.10. The molecule has 0 aliphatic carbocycles. The Morgan fingerprint density at radius 1 is 1.11 bits per heavy atom. The summed E-state index contributed by atoms with van der Waals surface area (Å²) in [6.45, 7) is 5.98. The minimum absolute atomic E-state index is 0.353. The molecule has 0 saturated carbocycles. The predicted octanol–water partition coefficient (Wildman–Crippen LogP) is 3.85. The second-order valence-corrected chi connectivity index (χ2v) is 4.36. The molecule has 1 aromatic carbocycles. The molecule has 2 radical (unpaired) electrons. The largest absolute Gasteiger partial charge is 0.300 e. The Balaban J connectivity index is 2.23. The van der Waals surface area contributed by atoms with Crippen molar-refractivity contribution in [1.82, 2.24) is 9.38 Å². The third-order valence-electron chi connectivity index (χ3n) is 2.74. The fraction of sp³-hybridized carbons (Fsp3) is 0. The Hall–Kier alpha value is -1.87. The summed E-state index contributed by atoms with van der Waals surface area (Å²) in [6.07, 6.45) is 1.32. The number of rotatable bonds is 1. The topological polar surface area (TPSA) is 17.3 Å². The first-order valence-electron chi connectivity index (χ1n) is 5.34. The molecule has 88 valence electrons. The molecule has 4 heteroatoms. The molecule has 0 spiro atoms. The van der Waals surface area contributed by atoms with Gasteiger partial charge in [-0.3, -0.25) is 0 Å². The SMILES string of the molecule is [CH]c1c(-c2ccc(Cl)cc2)nc2ccc(F)cn12. The van der Waals surface area contributed by atoms with Gasteiger partial charge < -0.3 is 4.40 Å². The van der Waals surface area contributed by atoms with Gasteiger partial charge in [-0.1, -0.05) is 23.7 Å². The van der Waals surface area contributed by atoms with Crippen LogP contribution >= 0.6 is 11.6 Å². The summed E-state index contributed by atoms with van der Waals surface area (Å²) in [7, 11) is 0. The van der Waals surface area contributed by atoms with Crippen LogP contribution in [0.5, 0.6) is 0 Å². The van der Waals surface area contributed by atoms with Crippen LogP contribution in [0.25, 0.3) is 16.9 Å². The Labute approximate surface area is 109 Å². The Morgan fingerprint density at radius 2 is 1.83 bits per heavy atom. The summed E-state index contributed by atoms with van der Waals surface area (Å²) in [6, 6.07) is 10.1. The third-order valence-corrected chi connectivity index (χ3v) is 2.99. The number of nitrogens with zero attached hydrogens (tertiary/aromatic N) is 2. The van der Waals surface area contributed by atoms with Crippen molar-refractivity contribution in [2.24, 2.45) is 0 Å². The summed E-state index contributed by atoms with van der Waals surface area (Å²) in [4.78, 5) is 4.38. The molecule has 0 N–H and O–H groups in total. The Kier molecular flexibility index (Phi) is 2.56. The van der Waals surface area contributed by atoms with Gasteiger partial charge in [-0.25, -0.2) is 9.37 Å². The van der Waals surface area contributed by atoms with Crippen molar-refractivity contribution >= 4 is 17.2 Å². The van der Waals surface area contributed by atoms with E-state index in [4.69, 9.17) is 18.5 Å². The van der Waals surface area contributed by atoms with Gasteiger partial charge >= 0.3 is 0 Å². The zero-order valence-electron chi connectivity index (χ0n) is 9.27. The van der Waals surface area contributed by atoms with Crippen LogP contribution in [-0.2, 0) is 0 Å². The molecule has 18 heavy (non-hydrogen) atoms. The van der Waals surface area contributed by atoms with E-state index in [1.165, 1.54) is 16.7 Å². The monoisotopic (exact) mass is 258 g/mol. The van der Waals surface area contributed by atoms with Crippen LogP contribution in [0.15, 0.2) is 42.6 Å². The summed E-state index contributed by atoms with van der Waals surface area (Å²) in [5.74, 6) is -0.353. The maximum absolute atomic E-state index is 13.2. The molecule has 0 bridgehead atoms. The fourth-order valence-electron chi connectivity index (χ4n) is 1.86. The van der Waals surface area contributed by atoms with Crippen LogP contribution < -0.4 is 0 Å². The van der Waals surface area contributed by atoms with Crippen LogP contribution in [-0.4, -0.2) is 9.38 Å². The van der Waals surface area contributed by atoms with Crippen molar-refractivity contribution in [3.05, 3.63) is 66.1 Å². The lowest BCUT2D eigenvalue weighted by atomic mass is 10.1. The quantitative estimate of drug-likeness (QED) is 0.648. The maximum atomic E-state index is 13.2. The van der Waals surface area contributed by atoms with E-state index in [0.29, 0.717) is 22.1 Å². The molecular formula is C14H8ClFN2. The van der Waals surface area contributed by atoms with E-state index in [2.05, 4.69) is 4.98 Å². The molecule has 2 nitrogen and oxygen atoms in total. The van der Waals surface area contributed by atoms with E-state index in [9.17, 15) is 4.39 Å². The third kappa shape index (κ3) is 1.77. The molecule has 0 amide bonds. The van der Waals surface area contributed by atoms with Crippen molar-refractivity contribution in [1.29, 1.82) is 0 Å². The molecule has 3 aromatic rings. The molecule has 0 aliphatic heterocycles. The van der Waals surface area contributed by atoms with E-state index in [0.717, 1.165) is 5.56 Å². The molecule has 0 fully saturated rings. The van der Waals surface area contributed by atoms with E-state index in [-0.39, 0.29) is 5.82 Å². The lowest BCUT2D eigenvalue weighted by Gasteiger charge is -1.99. The van der Waals surface area contributed by atoms with Gasteiger partial charge in [0, 0.05) is 23.7 Å². The van der Waals surface area contributed by atoms with Gasteiger partial charge in [-0.05, 0) is 24.3 Å². The zero-order valence-corrected chi connectivity index (χ0v) is 10.0. The first-order chi connectivity index (χ1) is 8.65. The fourth-order valence-corrected chi connectivity index (χ4v) is 1.98. The Bertz CT molecular complexity index is 716. The van der Waals surface area contributed by atoms with E-state index in [1.807, 2.05) is 12.1 Å². The van der Waals surface area contributed by atoms with E-state index in [1.54, 1.807) is 18.2 Å². The molecule has 0 saturated heterocycles. The van der Waals surface area contributed by atoms with Gasteiger partial charge in [0.2, 0.25) is 0 Å². The van der Waals surface area contributed by atoms with Gasteiger partial charge in [0.25, 0.3) is 0 Å². The number of halogens is 2. The van der Waals surface area contributed by atoms with Gasteiger partial charge in [0.1, 0.15) is 11.5 Å². The molecule has 3 rings (SSSR count). The highest BCUT2D eigenvalue weighted by atomic mass is 35.5. The van der Waals surface area contributed by atoms with Crippen molar-refractivity contribution in [3.63, 3.8) is 0 Å². The smallest absolute Gasteiger partial charge is 0.139 e. The molecule has 0 unspecified atom stereocenters. The molecule has 2 aromatic heterocycles. The normalized spacial score (nSPS) is 11.1. The second-order valence-electron chi connectivity index (χ2n) is 3.93. The van der Waals surface area contributed by atoms with Crippen LogP contribution in [0.2, 0.25) is 5.02 Å². The van der Waals surface area contributed by atoms with Crippen LogP contribution in [0.1, 0.15) is 5.69 Å². The number of pyridine rings is 1. The Morgan fingerprint density at radius 3 is 2.56 bits per heavy atom. The van der Waals surface area contributed by atoms with Gasteiger partial charge in [-0.15, -0.1) is 0 Å². The van der Waals surface area contributed by atoms with E-state index < -0.39 is 0 Å². The summed E-state index contributed by atoms with van der Waals surface area (Å²) >= 11 is 5.83. The van der Waals surface area contributed by atoms with E-state index >= 15 is 0 Å². The van der Waals surface area contributed by atoms with Crippen LogP contribution in [0.3, 0.4) is 0 Å². The van der Waals surface area contributed by atoms with Gasteiger partial charge in [0.15, 0.2) is 0 Å². The van der Waals surface area contributed by atoms with Gasteiger partial charge in [0.05, 0.1) is 11.4 Å². The molecule has 0 atom stereocenters. The first kappa shape index (κ1) is 11.2. The first-order valence-corrected chi connectivity index (χ1v) is 5.72. The zero-order chi connectivity index (χ0) is 12.7. The minimum atomic E-state index is -0.353. The predicted molar refractivity (Wildman–Crippen MR) is 69.0 cm³/mol. The minimum Gasteiger partial charge on any atom is -0.300 e. The molecule has 2 heterocycles. The lowest BCUT2D eigenvalue weighted by Crippen LogP contribution is -1.89. The standard InChI is InChI=1S/C14H8ClFN2/c1-9-14(10-2-4-11(15)5-3-10)17-13-7-6-12(16)8-18(9)13/h1-8H. The number of aromatic nitrogens is 2. The number of hydrogen-bond acceptors (Lipinski definition) is 1. The van der Waals surface area contributed by atoms with Crippen molar-refractivity contribution in [2.75, 3.05) is 0 Å². The van der Waals surface area contributed by atoms with Crippen molar-refractivity contribution in [2.45, 2.75) is 0 Å². The van der Waals surface area contributed by atoms with Crippen molar-refractivity contribution in [3.8, 4) is 11.3 Å². The lowest BCUT2D eigenvalue weighted by molar-refractivity contribution is 0.619. The average Bonchev–Trinajstić information content (AvgIpc) is 2.68. The number of fused-ring (bicyclic) bond motifs is 1. The highest BCUT2D eigenvalue weighted by Gasteiger charge is 2.10. The number of benzene rings is 1. The summed E-state index contributed by atoms with van der Waals surface area (Å²) in [5, 5.41) is 0.645. The number of imidazole rings is 1.